The van der Waals surface area contributed by atoms with Gasteiger partial charge in [-0.1, -0.05) is 92.4 Å². The Morgan fingerprint density at radius 1 is 0.500 bits per heavy atom. The van der Waals surface area contributed by atoms with Crippen LogP contribution in [0.25, 0.3) is 0 Å². The highest BCUT2D eigenvalue weighted by Gasteiger charge is 2.45. The molecule has 0 radical (unpaired) electrons. The number of hydrogen-bond acceptors (Lipinski definition) is 1. The lowest BCUT2D eigenvalue weighted by atomic mass is 9.58. The minimum absolute atomic E-state index is 0.0688. The van der Waals surface area contributed by atoms with Gasteiger partial charge in [0.05, 0.1) is 0 Å². The van der Waals surface area contributed by atoms with E-state index in [0.29, 0.717) is 5.41 Å². The van der Waals surface area contributed by atoms with Crippen molar-refractivity contribution in [1.82, 2.24) is 0 Å². The van der Waals surface area contributed by atoms with E-state index in [-0.39, 0.29) is 5.54 Å². The number of nitrogens with two attached hydrogens (primary N) is 1. The molecule has 0 aromatic heterocycles. The van der Waals surface area contributed by atoms with Crippen LogP contribution in [0.5, 0.6) is 0 Å². The molecule has 1 nitrogen and oxygen atoms in total. The lowest BCUT2D eigenvalue weighted by molar-refractivity contribution is 0.0549. The molecule has 0 atom stereocenters. The highest BCUT2D eigenvalue weighted by atomic mass is 14.8. The Bertz CT molecular complexity index is 230. The van der Waals surface area contributed by atoms with Gasteiger partial charge in [-0.15, -0.1) is 0 Å². The first-order valence-electron chi connectivity index (χ1n) is 10.3. The van der Waals surface area contributed by atoms with Crippen molar-refractivity contribution in [3.05, 3.63) is 0 Å². The van der Waals surface area contributed by atoms with E-state index in [2.05, 4.69) is 34.6 Å². The highest BCUT2D eigenvalue weighted by molar-refractivity contribution is 5.02. The molecule has 0 bridgehead atoms. The molecule has 0 aliphatic heterocycles. The third-order valence-electron chi connectivity index (χ3n) is 5.76. The molecule has 0 rings (SSSR count). The summed E-state index contributed by atoms with van der Waals surface area (Å²) in [4.78, 5) is 0. The Kier molecular flexibility index (Phi) is 12.4. The fourth-order valence-corrected chi connectivity index (χ4v) is 4.27. The average Bonchev–Trinajstić information content (AvgIpc) is 2.53. The fraction of sp³-hybridized carbons (Fsp3) is 1.00. The first-order valence-corrected chi connectivity index (χ1v) is 10.3. The third-order valence-corrected chi connectivity index (χ3v) is 5.76. The average molecular weight is 312 g/mol. The number of unbranched alkanes of at least 4 members (excludes halogenated alkanes) is 4. The zero-order valence-corrected chi connectivity index (χ0v) is 16.5. The van der Waals surface area contributed by atoms with E-state index >= 15 is 0 Å². The predicted molar refractivity (Wildman–Crippen MR) is 102 cm³/mol. The molecule has 0 saturated carbocycles. The van der Waals surface area contributed by atoms with Gasteiger partial charge in [0, 0.05) is 5.54 Å². The van der Waals surface area contributed by atoms with Crippen molar-refractivity contribution >= 4 is 0 Å². The van der Waals surface area contributed by atoms with Gasteiger partial charge in [-0.05, 0) is 37.5 Å². The van der Waals surface area contributed by atoms with Crippen molar-refractivity contribution in [1.29, 1.82) is 0 Å². The molecule has 0 unspecified atom stereocenters. The molecule has 1 heteroatoms. The molecule has 0 aromatic carbocycles. The molecular formula is C21H45N. The van der Waals surface area contributed by atoms with Gasteiger partial charge in [-0.3, -0.25) is 0 Å². The van der Waals surface area contributed by atoms with Crippen LogP contribution in [0.1, 0.15) is 125 Å². The SMILES string of the molecule is CCCCC(N)(CCCC)C(CCC)(CCCC)CCCC. The Hall–Kier alpha value is -0.0400. The summed E-state index contributed by atoms with van der Waals surface area (Å²) in [6.45, 7) is 11.6. The Labute approximate surface area is 141 Å². The molecule has 0 amide bonds. The van der Waals surface area contributed by atoms with Crippen LogP contribution in [-0.2, 0) is 0 Å². The summed E-state index contributed by atoms with van der Waals surface area (Å²) in [5, 5.41) is 0. The van der Waals surface area contributed by atoms with Crippen molar-refractivity contribution in [3.63, 3.8) is 0 Å². The van der Waals surface area contributed by atoms with Crippen molar-refractivity contribution in [2.45, 2.75) is 130 Å². The van der Waals surface area contributed by atoms with Gasteiger partial charge in [0.2, 0.25) is 0 Å². The topological polar surface area (TPSA) is 26.0 Å². The summed E-state index contributed by atoms with van der Waals surface area (Å²) in [7, 11) is 0. The van der Waals surface area contributed by atoms with Gasteiger partial charge in [0.25, 0.3) is 0 Å². The van der Waals surface area contributed by atoms with E-state index in [1.807, 2.05) is 0 Å². The zero-order valence-electron chi connectivity index (χ0n) is 16.5. The van der Waals surface area contributed by atoms with Gasteiger partial charge in [0.1, 0.15) is 0 Å². The predicted octanol–water partition coefficient (Wildman–Crippen LogP) is 7.23. The van der Waals surface area contributed by atoms with Gasteiger partial charge < -0.3 is 5.73 Å². The second-order valence-electron chi connectivity index (χ2n) is 7.60. The maximum atomic E-state index is 7.22. The molecule has 0 aromatic rings. The van der Waals surface area contributed by atoms with Crippen LogP contribution in [0.3, 0.4) is 0 Å². The summed E-state index contributed by atoms with van der Waals surface area (Å²) in [6, 6.07) is 0. The smallest absolute Gasteiger partial charge is 0.0211 e. The molecular weight excluding hydrogens is 266 g/mol. The van der Waals surface area contributed by atoms with Crippen molar-refractivity contribution < 1.29 is 0 Å². The molecule has 0 fully saturated rings. The molecule has 0 aliphatic carbocycles. The van der Waals surface area contributed by atoms with Crippen LogP contribution in [0.4, 0.5) is 0 Å². The second-order valence-corrected chi connectivity index (χ2v) is 7.60. The highest BCUT2D eigenvalue weighted by Crippen LogP contribution is 2.48. The zero-order chi connectivity index (χ0) is 16.9. The largest absolute Gasteiger partial charge is 0.325 e. The van der Waals surface area contributed by atoms with Gasteiger partial charge in [-0.2, -0.15) is 0 Å². The quantitative estimate of drug-likeness (QED) is 0.339. The first-order chi connectivity index (χ1) is 10.6. The van der Waals surface area contributed by atoms with E-state index < -0.39 is 0 Å². The lowest BCUT2D eigenvalue weighted by Crippen LogP contribution is -2.55. The Balaban J connectivity index is 5.41. The van der Waals surface area contributed by atoms with Crippen molar-refractivity contribution in [2.75, 3.05) is 0 Å². The summed E-state index contributed by atoms with van der Waals surface area (Å²) < 4.78 is 0. The minimum atomic E-state index is 0.0688. The maximum Gasteiger partial charge on any atom is 0.0211 e. The Morgan fingerprint density at radius 3 is 1.18 bits per heavy atom. The molecule has 0 spiro atoms. The number of hydrogen-bond donors (Lipinski definition) is 1. The van der Waals surface area contributed by atoms with Crippen LogP contribution >= 0.6 is 0 Å². The Morgan fingerprint density at radius 2 is 0.864 bits per heavy atom. The molecule has 22 heavy (non-hydrogen) atoms. The van der Waals surface area contributed by atoms with Crippen molar-refractivity contribution in [3.8, 4) is 0 Å². The van der Waals surface area contributed by atoms with Gasteiger partial charge in [0.15, 0.2) is 0 Å². The third kappa shape index (κ3) is 6.60. The van der Waals surface area contributed by atoms with E-state index in [4.69, 9.17) is 5.73 Å². The standard InChI is InChI=1S/C21H45N/c1-6-11-16-20(15-10-5,17-12-7-2)21(22,18-13-8-3)19-14-9-4/h6-19,22H2,1-5H3. The van der Waals surface area contributed by atoms with Gasteiger partial charge >= 0.3 is 0 Å². The first kappa shape index (κ1) is 22.0. The van der Waals surface area contributed by atoms with Crippen LogP contribution < -0.4 is 5.73 Å². The minimum Gasteiger partial charge on any atom is -0.325 e. The summed E-state index contributed by atoms with van der Waals surface area (Å²) in [5.41, 5.74) is 7.67. The molecule has 0 heterocycles. The lowest BCUT2D eigenvalue weighted by Gasteiger charge is -2.50. The molecule has 0 saturated heterocycles. The fourth-order valence-electron chi connectivity index (χ4n) is 4.27. The summed E-state index contributed by atoms with van der Waals surface area (Å²) in [5.74, 6) is 0. The van der Waals surface area contributed by atoms with E-state index in [1.165, 1.54) is 89.9 Å². The van der Waals surface area contributed by atoms with Crippen LogP contribution in [0.2, 0.25) is 0 Å². The van der Waals surface area contributed by atoms with Gasteiger partial charge in [-0.25, -0.2) is 0 Å². The maximum absolute atomic E-state index is 7.22. The van der Waals surface area contributed by atoms with Crippen molar-refractivity contribution in [2.24, 2.45) is 11.1 Å². The number of rotatable bonds is 15. The van der Waals surface area contributed by atoms with E-state index in [0.717, 1.165) is 0 Å². The van der Waals surface area contributed by atoms with Crippen LogP contribution in [0, 0.1) is 5.41 Å². The molecule has 2 N–H and O–H groups in total. The van der Waals surface area contributed by atoms with E-state index in [9.17, 15) is 0 Å². The summed E-state index contributed by atoms with van der Waals surface area (Å²) in [6.07, 6.45) is 18.2. The normalized spacial score (nSPS) is 12.8. The van der Waals surface area contributed by atoms with Crippen LogP contribution in [0.15, 0.2) is 0 Å². The molecule has 134 valence electrons. The van der Waals surface area contributed by atoms with E-state index in [1.54, 1.807) is 0 Å². The molecule has 0 aliphatic rings. The van der Waals surface area contributed by atoms with Crippen LogP contribution in [-0.4, -0.2) is 5.54 Å². The monoisotopic (exact) mass is 311 g/mol. The summed E-state index contributed by atoms with van der Waals surface area (Å²) >= 11 is 0. The second kappa shape index (κ2) is 12.4.